The largest absolute Gasteiger partial charge is 0.211 e. The van der Waals surface area contributed by atoms with Gasteiger partial charge >= 0.3 is 0 Å². The van der Waals surface area contributed by atoms with Gasteiger partial charge in [-0.2, -0.15) is 5.26 Å². The van der Waals surface area contributed by atoms with Crippen LogP contribution in [-0.2, 0) is 0 Å². The molecule has 0 aliphatic heterocycles. The number of hydrogen-bond acceptors (Lipinski definition) is 3. The summed E-state index contributed by atoms with van der Waals surface area (Å²) in [4.78, 5) is 0. The van der Waals surface area contributed by atoms with E-state index >= 15 is 0 Å². The van der Waals surface area contributed by atoms with Crippen molar-refractivity contribution in [1.82, 2.24) is 15.0 Å². The van der Waals surface area contributed by atoms with E-state index < -0.39 is 11.6 Å². The van der Waals surface area contributed by atoms with E-state index in [1.165, 1.54) is 10.7 Å². The number of nitriles is 1. The van der Waals surface area contributed by atoms with Crippen molar-refractivity contribution >= 4 is 0 Å². The Morgan fingerprint density at radius 2 is 1.76 bits per heavy atom. The van der Waals surface area contributed by atoms with E-state index in [4.69, 9.17) is 5.26 Å². The lowest BCUT2D eigenvalue weighted by molar-refractivity contribution is 0.509. The second-order valence-corrected chi connectivity index (χ2v) is 4.27. The molecular weight excluding hydrogens is 274 g/mol. The summed E-state index contributed by atoms with van der Waals surface area (Å²) in [5, 5.41) is 16.8. The van der Waals surface area contributed by atoms with Gasteiger partial charge in [-0.15, -0.1) is 5.10 Å². The maximum atomic E-state index is 13.4. The van der Waals surface area contributed by atoms with Crippen molar-refractivity contribution in [3.8, 4) is 23.0 Å². The van der Waals surface area contributed by atoms with Crippen LogP contribution in [0.15, 0.2) is 48.5 Å². The molecular formula is C15H8F2N4. The van der Waals surface area contributed by atoms with Crippen LogP contribution in [-0.4, -0.2) is 15.0 Å². The van der Waals surface area contributed by atoms with E-state index in [0.717, 1.165) is 12.1 Å². The summed E-state index contributed by atoms with van der Waals surface area (Å²) in [6.45, 7) is 0. The third-order valence-corrected chi connectivity index (χ3v) is 2.97. The Morgan fingerprint density at radius 1 is 1.00 bits per heavy atom. The molecule has 21 heavy (non-hydrogen) atoms. The minimum Gasteiger partial charge on any atom is -0.211 e. The average Bonchev–Trinajstić information content (AvgIpc) is 2.95. The molecule has 0 N–H and O–H groups in total. The van der Waals surface area contributed by atoms with Crippen LogP contribution < -0.4 is 0 Å². The smallest absolute Gasteiger partial charge is 0.191 e. The van der Waals surface area contributed by atoms with E-state index in [1.807, 2.05) is 12.1 Å². The van der Waals surface area contributed by atoms with Crippen molar-refractivity contribution in [1.29, 1.82) is 5.26 Å². The summed E-state index contributed by atoms with van der Waals surface area (Å²) in [7, 11) is 0. The molecule has 0 bridgehead atoms. The van der Waals surface area contributed by atoms with Gasteiger partial charge in [0.05, 0.1) is 5.69 Å². The highest BCUT2D eigenvalue weighted by Crippen LogP contribution is 2.26. The lowest BCUT2D eigenvalue weighted by atomic mass is 10.1. The Bertz CT molecular complexity index is 835. The third kappa shape index (κ3) is 2.25. The topological polar surface area (TPSA) is 54.5 Å². The highest BCUT2D eigenvalue weighted by molar-refractivity contribution is 5.67. The van der Waals surface area contributed by atoms with Gasteiger partial charge < -0.3 is 0 Å². The molecule has 6 heteroatoms. The van der Waals surface area contributed by atoms with E-state index in [1.54, 1.807) is 24.3 Å². The quantitative estimate of drug-likeness (QED) is 0.725. The van der Waals surface area contributed by atoms with Gasteiger partial charge in [0.15, 0.2) is 17.3 Å². The predicted octanol–water partition coefficient (Wildman–Crippen LogP) is 3.08. The highest BCUT2D eigenvalue weighted by atomic mass is 19.2. The number of hydrogen-bond donors (Lipinski definition) is 0. The number of benzene rings is 2. The standard InChI is InChI=1S/C15H8F2N4/c16-12-7-6-10(8-13(12)17)15-14(9-18)19-20-21(15)11-4-2-1-3-5-11/h1-8H. The molecule has 0 unspecified atom stereocenters. The van der Waals surface area contributed by atoms with Crippen LogP contribution in [0, 0.1) is 23.0 Å². The van der Waals surface area contributed by atoms with Crippen LogP contribution in [0.25, 0.3) is 16.9 Å². The zero-order valence-corrected chi connectivity index (χ0v) is 10.7. The molecule has 0 aliphatic rings. The van der Waals surface area contributed by atoms with Gasteiger partial charge in [-0.3, -0.25) is 0 Å². The molecule has 4 nitrogen and oxygen atoms in total. The van der Waals surface area contributed by atoms with E-state index in [-0.39, 0.29) is 5.69 Å². The molecule has 0 atom stereocenters. The molecule has 2 aromatic carbocycles. The summed E-state index contributed by atoms with van der Waals surface area (Å²) in [5.41, 5.74) is 1.37. The van der Waals surface area contributed by atoms with E-state index in [2.05, 4.69) is 10.3 Å². The summed E-state index contributed by atoms with van der Waals surface area (Å²) >= 11 is 0. The zero-order valence-electron chi connectivity index (χ0n) is 10.7. The molecule has 0 fully saturated rings. The van der Waals surface area contributed by atoms with Crippen LogP contribution in [0.4, 0.5) is 8.78 Å². The second kappa shape index (κ2) is 5.13. The van der Waals surface area contributed by atoms with E-state index in [0.29, 0.717) is 16.9 Å². The fourth-order valence-electron chi connectivity index (χ4n) is 2.01. The first-order valence-corrected chi connectivity index (χ1v) is 6.07. The fraction of sp³-hybridized carbons (Fsp3) is 0. The Kier molecular flexibility index (Phi) is 3.16. The fourth-order valence-corrected chi connectivity index (χ4v) is 2.01. The summed E-state index contributed by atoms with van der Waals surface area (Å²) < 4.78 is 27.9. The van der Waals surface area contributed by atoms with Crippen LogP contribution in [0.3, 0.4) is 0 Å². The van der Waals surface area contributed by atoms with Gasteiger partial charge in [-0.25, -0.2) is 13.5 Å². The normalized spacial score (nSPS) is 10.3. The molecule has 0 saturated carbocycles. The van der Waals surface area contributed by atoms with Crippen LogP contribution in [0.1, 0.15) is 5.69 Å². The van der Waals surface area contributed by atoms with Gasteiger partial charge in [0.2, 0.25) is 0 Å². The van der Waals surface area contributed by atoms with Crippen LogP contribution in [0.5, 0.6) is 0 Å². The molecule has 3 rings (SSSR count). The number of para-hydroxylation sites is 1. The molecule has 102 valence electrons. The van der Waals surface area contributed by atoms with Crippen molar-refractivity contribution in [3.05, 3.63) is 65.9 Å². The average molecular weight is 282 g/mol. The first-order chi connectivity index (χ1) is 10.2. The number of rotatable bonds is 2. The van der Waals surface area contributed by atoms with Gasteiger partial charge in [-0.1, -0.05) is 23.4 Å². The first kappa shape index (κ1) is 12.9. The molecule has 0 amide bonds. The molecule has 0 spiro atoms. The number of aromatic nitrogens is 3. The predicted molar refractivity (Wildman–Crippen MR) is 71.4 cm³/mol. The van der Waals surface area contributed by atoms with Crippen LogP contribution in [0.2, 0.25) is 0 Å². The summed E-state index contributed by atoms with van der Waals surface area (Å²) in [6, 6.07) is 14.3. The molecule has 0 radical (unpaired) electrons. The third-order valence-electron chi connectivity index (χ3n) is 2.97. The molecule has 1 aromatic heterocycles. The lowest BCUT2D eigenvalue weighted by Crippen LogP contribution is -2.00. The molecule has 0 aliphatic carbocycles. The lowest BCUT2D eigenvalue weighted by Gasteiger charge is -2.07. The van der Waals surface area contributed by atoms with Crippen molar-refractivity contribution in [3.63, 3.8) is 0 Å². The Hall–Kier alpha value is -3.07. The number of halogens is 2. The maximum absolute atomic E-state index is 13.4. The summed E-state index contributed by atoms with van der Waals surface area (Å²) in [6.07, 6.45) is 0. The van der Waals surface area contributed by atoms with Crippen molar-refractivity contribution < 1.29 is 8.78 Å². The second-order valence-electron chi connectivity index (χ2n) is 4.27. The summed E-state index contributed by atoms with van der Waals surface area (Å²) in [5.74, 6) is -1.94. The van der Waals surface area contributed by atoms with Gasteiger partial charge in [0.1, 0.15) is 11.8 Å². The zero-order chi connectivity index (χ0) is 14.8. The van der Waals surface area contributed by atoms with Crippen molar-refractivity contribution in [2.45, 2.75) is 0 Å². The van der Waals surface area contributed by atoms with Gasteiger partial charge in [0, 0.05) is 5.56 Å². The first-order valence-electron chi connectivity index (χ1n) is 6.07. The Labute approximate surface area is 118 Å². The van der Waals surface area contributed by atoms with E-state index in [9.17, 15) is 8.78 Å². The Morgan fingerprint density at radius 3 is 2.43 bits per heavy atom. The van der Waals surface area contributed by atoms with Crippen molar-refractivity contribution in [2.75, 3.05) is 0 Å². The molecule has 0 saturated heterocycles. The van der Waals surface area contributed by atoms with Crippen LogP contribution >= 0.6 is 0 Å². The van der Waals surface area contributed by atoms with Gasteiger partial charge in [0.25, 0.3) is 0 Å². The molecule has 3 aromatic rings. The maximum Gasteiger partial charge on any atom is 0.191 e. The van der Waals surface area contributed by atoms with Crippen molar-refractivity contribution in [2.24, 2.45) is 0 Å². The molecule has 1 heterocycles. The number of nitrogens with zero attached hydrogens (tertiary/aromatic N) is 4. The monoisotopic (exact) mass is 282 g/mol. The SMILES string of the molecule is N#Cc1nnn(-c2ccccc2)c1-c1ccc(F)c(F)c1. The highest BCUT2D eigenvalue weighted by Gasteiger charge is 2.17. The minimum atomic E-state index is -0.989. The minimum absolute atomic E-state index is 0.0462. The van der Waals surface area contributed by atoms with Gasteiger partial charge in [-0.05, 0) is 30.3 Å². The Balaban J connectivity index is 2.24.